The van der Waals surface area contributed by atoms with Crippen molar-refractivity contribution in [2.45, 2.75) is 19.9 Å². The Bertz CT molecular complexity index is 823. The second-order valence-corrected chi connectivity index (χ2v) is 6.03. The Morgan fingerprint density at radius 1 is 1.19 bits per heavy atom. The second kappa shape index (κ2) is 9.33. The van der Waals surface area contributed by atoms with Crippen molar-refractivity contribution in [2.75, 3.05) is 13.2 Å². The van der Waals surface area contributed by atoms with Crippen molar-refractivity contribution in [1.29, 1.82) is 0 Å². The molecule has 2 aromatic rings. The first kappa shape index (κ1) is 19.9. The fourth-order valence-corrected chi connectivity index (χ4v) is 2.46. The van der Waals surface area contributed by atoms with E-state index in [2.05, 4.69) is 0 Å². The van der Waals surface area contributed by atoms with Gasteiger partial charge in [0, 0.05) is 25.6 Å². The summed E-state index contributed by atoms with van der Waals surface area (Å²) in [5.41, 5.74) is 6.59. The van der Waals surface area contributed by atoms with E-state index >= 15 is 0 Å². The third-order valence-corrected chi connectivity index (χ3v) is 3.86. The predicted molar refractivity (Wildman–Crippen MR) is 99.0 cm³/mol. The highest BCUT2D eigenvalue weighted by Crippen LogP contribution is 2.27. The molecule has 0 saturated heterocycles. The molecule has 142 valence electrons. The molecule has 0 saturated carbocycles. The van der Waals surface area contributed by atoms with Gasteiger partial charge in [-0.2, -0.15) is 0 Å². The van der Waals surface area contributed by atoms with Gasteiger partial charge in [0.25, 0.3) is 5.91 Å². The van der Waals surface area contributed by atoms with Crippen molar-refractivity contribution >= 4 is 17.5 Å². The number of benzene rings is 2. The van der Waals surface area contributed by atoms with Crippen LogP contribution in [-0.4, -0.2) is 34.8 Å². The zero-order valence-corrected chi connectivity index (χ0v) is 15.0. The Balaban J connectivity index is 2.09. The van der Waals surface area contributed by atoms with Crippen molar-refractivity contribution < 1.29 is 19.2 Å². The van der Waals surface area contributed by atoms with Crippen molar-refractivity contribution in [3.05, 3.63) is 69.8 Å². The number of aryl methyl sites for hydroxylation is 1. The van der Waals surface area contributed by atoms with Gasteiger partial charge in [0.15, 0.2) is 12.4 Å². The molecule has 8 nitrogen and oxygen atoms in total. The van der Waals surface area contributed by atoms with Crippen molar-refractivity contribution in [2.24, 2.45) is 5.73 Å². The first-order chi connectivity index (χ1) is 12.9. The van der Waals surface area contributed by atoms with Gasteiger partial charge in [-0.25, -0.2) is 0 Å². The monoisotopic (exact) mass is 371 g/mol. The summed E-state index contributed by atoms with van der Waals surface area (Å²) in [5.74, 6) is -0.889. The summed E-state index contributed by atoms with van der Waals surface area (Å²) in [4.78, 5) is 35.7. The number of carbonyl (C=O) groups is 2. The molecule has 0 radical (unpaired) electrons. The third-order valence-electron chi connectivity index (χ3n) is 3.86. The van der Waals surface area contributed by atoms with Crippen molar-refractivity contribution in [1.82, 2.24) is 4.90 Å². The molecule has 2 rings (SSSR count). The minimum absolute atomic E-state index is 0.0171. The average Bonchev–Trinajstić information content (AvgIpc) is 2.64. The lowest BCUT2D eigenvalue weighted by Gasteiger charge is -2.22. The van der Waals surface area contributed by atoms with E-state index in [1.807, 2.05) is 30.3 Å². The molecule has 0 unspecified atom stereocenters. The van der Waals surface area contributed by atoms with E-state index in [0.29, 0.717) is 5.56 Å². The molecule has 0 aliphatic carbocycles. The van der Waals surface area contributed by atoms with Gasteiger partial charge in [-0.15, -0.1) is 0 Å². The van der Waals surface area contributed by atoms with Crippen LogP contribution in [-0.2, 0) is 16.1 Å². The van der Waals surface area contributed by atoms with Crippen LogP contribution in [0, 0.1) is 17.0 Å². The first-order valence-corrected chi connectivity index (χ1v) is 8.34. The van der Waals surface area contributed by atoms with E-state index in [1.165, 1.54) is 17.0 Å². The molecule has 0 aromatic heterocycles. The minimum Gasteiger partial charge on any atom is -0.477 e. The molecular formula is C19H21N3O5. The molecule has 0 bridgehead atoms. The zero-order chi connectivity index (χ0) is 19.8. The number of nitrogens with zero attached hydrogens (tertiary/aromatic N) is 2. The molecule has 8 heteroatoms. The largest absolute Gasteiger partial charge is 0.477 e. The van der Waals surface area contributed by atoms with E-state index in [4.69, 9.17) is 10.5 Å². The number of ether oxygens (including phenoxy) is 1. The summed E-state index contributed by atoms with van der Waals surface area (Å²) >= 11 is 0. The highest BCUT2D eigenvalue weighted by molar-refractivity contribution is 5.79. The molecule has 2 aromatic carbocycles. The van der Waals surface area contributed by atoms with Gasteiger partial charge < -0.3 is 15.4 Å². The predicted octanol–water partition coefficient (Wildman–Crippen LogP) is 2.19. The van der Waals surface area contributed by atoms with Gasteiger partial charge in [0.05, 0.1) is 4.92 Å². The Morgan fingerprint density at radius 3 is 2.52 bits per heavy atom. The maximum absolute atomic E-state index is 12.6. The minimum atomic E-state index is -0.554. The Hall–Kier alpha value is -3.42. The van der Waals surface area contributed by atoms with Crippen molar-refractivity contribution in [3.8, 4) is 5.75 Å². The lowest BCUT2D eigenvalue weighted by atomic mass is 10.2. The maximum Gasteiger partial charge on any atom is 0.311 e. The zero-order valence-electron chi connectivity index (χ0n) is 15.0. The molecule has 2 N–H and O–H groups in total. The third kappa shape index (κ3) is 6.10. The number of rotatable bonds is 9. The summed E-state index contributed by atoms with van der Waals surface area (Å²) in [5, 5.41) is 11.2. The Labute approximate surface area is 156 Å². The van der Waals surface area contributed by atoms with Gasteiger partial charge >= 0.3 is 5.69 Å². The van der Waals surface area contributed by atoms with Gasteiger partial charge in [-0.3, -0.25) is 19.7 Å². The fraction of sp³-hybridized carbons (Fsp3) is 0.263. The van der Waals surface area contributed by atoms with Crippen LogP contribution in [0.1, 0.15) is 17.5 Å². The van der Waals surface area contributed by atoms with Crippen LogP contribution in [0.25, 0.3) is 0 Å². The highest BCUT2D eigenvalue weighted by Gasteiger charge is 2.19. The number of nitro groups is 1. The SMILES string of the molecule is Cc1ccc(OCC(=O)N(CCC(N)=O)Cc2ccccc2)c([N+](=O)[O-])c1. The van der Waals surface area contributed by atoms with Gasteiger partial charge in [0.1, 0.15) is 0 Å². The van der Waals surface area contributed by atoms with Crippen molar-refractivity contribution in [3.63, 3.8) is 0 Å². The lowest BCUT2D eigenvalue weighted by molar-refractivity contribution is -0.385. The second-order valence-electron chi connectivity index (χ2n) is 6.03. The number of hydrogen-bond acceptors (Lipinski definition) is 5. The quantitative estimate of drug-likeness (QED) is 0.536. The summed E-state index contributed by atoms with van der Waals surface area (Å²) < 4.78 is 5.39. The summed E-state index contributed by atoms with van der Waals surface area (Å²) in [6, 6.07) is 13.8. The molecular weight excluding hydrogens is 350 g/mol. The molecule has 0 heterocycles. The van der Waals surface area contributed by atoms with Crippen LogP contribution in [0.15, 0.2) is 48.5 Å². The van der Waals surface area contributed by atoms with Crippen LogP contribution in [0.5, 0.6) is 5.75 Å². The lowest BCUT2D eigenvalue weighted by Crippen LogP contribution is -2.36. The van der Waals surface area contributed by atoms with Crippen LogP contribution >= 0.6 is 0 Å². The van der Waals surface area contributed by atoms with Crippen LogP contribution < -0.4 is 10.5 Å². The topological polar surface area (TPSA) is 116 Å². The van der Waals surface area contributed by atoms with E-state index in [-0.39, 0.29) is 37.6 Å². The van der Waals surface area contributed by atoms with Gasteiger partial charge in [-0.1, -0.05) is 36.4 Å². The fourth-order valence-electron chi connectivity index (χ4n) is 2.46. The Kier molecular flexibility index (Phi) is 6.87. The summed E-state index contributed by atoms with van der Waals surface area (Å²) in [6.07, 6.45) is 0.0171. The summed E-state index contributed by atoms with van der Waals surface area (Å²) in [7, 11) is 0. The molecule has 2 amide bonds. The van der Waals surface area contributed by atoms with E-state index in [9.17, 15) is 19.7 Å². The van der Waals surface area contributed by atoms with Crippen LogP contribution in [0.3, 0.4) is 0 Å². The molecule has 0 aliphatic heterocycles. The Morgan fingerprint density at radius 2 is 1.89 bits per heavy atom. The standard InChI is InChI=1S/C19H21N3O5/c1-14-7-8-17(16(11-14)22(25)26)27-13-19(24)21(10-9-18(20)23)12-15-5-3-2-4-6-15/h2-8,11H,9-10,12-13H2,1H3,(H2,20,23). The first-order valence-electron chi connectivity index (χ1n) is 8.34. The highest BCUT2D eigenvalue weighted by atomic mass is 16.6. The number of carbonyl (C=O) groups excluding carboxylic acids is 2. The smallest absolute Gasteiger partial charge is 0.311 e. The van der Waals surface area contributed by atoms with E-state index < -0.39 is 16.7 Å². The number of nitro benzene ring substituents is 1. The molecule has 0 atom stereocenters. The molecule has 0 aliphatic rings. The molecule has 0 fully saturated rings. The van der Waals surface area contributed by atoms with Crippen LogP contribution in [0.4, 0.5) is 5.69 Å². The number of hydrogen-bond donors (Lipinski definition) is 1. The average molecular weight is 371 g/mol. The number of nitrogens with two attached hydrogens (primary N) is 1. The number of primary amides is 1. The van der Waals surface area contributed by atoms with Crippen LogP contribution in [0.2, 0.25) is 0 Å². The maximum atomic E-state index is 12.6. The van der Waals surface area contributed by atoms with Gasteiger partial charge in [0.2, 0.25) is 5.91 Å². The molecule has 27 heavy (non-hydrogen) atoms. The van der Waals surface area contributed by atoms with E-state index in [0.717, 1.165) is 5.56 Å². The normalized spacial score (nSPS) is 10.3. The molecule has 0 spiro atoms. The van der Waals surface area contributed by atoms with E-state index in [1.54, 1.807) is 13.0 Å². The van der Waals surface area contributed by atoms with Gasteiger partial charge in [-0.05, 0) is 24.1 Å². The summed E-state index contributed by atoms with van der Waals surface area (Å²) in [6.45, 7) is 1.78. The number of amides is 2.